The molecular weight excluding hydrogens is 241 g/mol. The van der Waals surface area contributed by atoms with Gasteiger partial charge in [-0.2, -0.15) is 13.2 Å². The Kier molecular flexibility index (Phi) is 3.76. The van der Waals surface area contributed by atoms with Gasteiger partial charge in [-0.25, -0.2) is 0 Å². The van der Waals surface area contributed by atoms with E-state index in [1.165, 1.54) is 0 Å². The van der Waals surface area contributed by atoms with Gasteiger partial charge in [0, 0.05) is 0 Å². The van der Waals surface area contributed by atoms with E-state index in [0.29, 0.717) is 24.3 Å². The molecule has 18 heavy (non-hydrogen) atoms. The monoisotopic (exact) mass is 256 g/mol. The molecule has 1 aliphatic rings. The number of ether oxygens (including phenoxy) is 1. The lowest BCUT2D eigenvalue weighted by Gasteiger charge is -2.18. The van der Waals surface area contributed by atoms with Crippen molar-refractivity contribution in [3.8, 4) is 0 Å². The van der Waals surface area contributed by atoms with E-state index in [2.05, 4.69) is 0 Å². The highest BCUT2D eigenvalue weighted by Gasteiger charge is 2.29. The fourth-order valence-corrected chi connectivity index (χ4v) is 2.10. The molecule has 1 heterocycles. The zero-order valence-corrected chi connectivity index (χ0v) is 10.2. The lowest BCUT2D eigenvalue weighted by Crippen LogP contribution is -2.14. The first-order valence-electron chi connectivity index (χ1n) is 5.89. The number of alkyl halides is 3. The summed E-state index contributed by atoms with van der Waals surface area (Å²) in [5, 5.41) is 0. The summed E-state index contributed by atoms with van der Waals surface area (Å²) < 4.78 is 42.9. The Labute approximate surface area is 104 Å². The maximum atomic E-state index is 12.5. The van der Waals surface area contributed by atoms with Crippen LogP contribution in [-0.4, -0.2) is 19.4 Å². The van der Waals surface area contributed by atoms with Gasteiger partial charge in [-0.1, -0.05) is 29.8 Å². The van der Waals surface area contributed by atoms with Gasteiger partial charge in [0.2, 0.25) is 0 Å². The molecule has 0 spiro atoms. The van der Waals surface area contributed by atoms with Gasteiger partial charge in [0.25, 0.3) is 0 Å². The molecule has 2 rings (SSSR count). The minimum atomic E-state index is -4.18. The van der Waals surface area contributed by atoms with Crippen molar-refractivity contribution in [1.29, 1.82) is 0 Å². The lowest BCUT2D eigenvalue weighted by molar-refractivity contribution is -0.127. The SMILES string of the molecule is Cc1ccc(CC(F)(F)F)c(C2=CCCOC2)c1. The Bertz CT molecular complexity index is 461. The number of rotatable bonds is 2. The minimum absolute atomic E-state index is 0.324. The van der Waals surface area contributed by atoms with E-state index in [1.807, 2.05) is 19.1 Å². The van der Waals surface area contributed by atoms with E-state index < -0.39 is 12.6 Å². The fraction of sp³-hybridized carbons (Fsp3) is 0.429. The summed E-state index contributed by atoms with van der Waals surface area (Å²) in [6.45, 7) is 2.92. The maximum Gasteiger partial charge on any atom is 0.393 e. The van der Waals surface area contributed by atoms with Crippen molar-refractivity contribution in [2.75, 3.05) is 13.2 Å². The predicted octanol–water partition coefficient (Wildman–Crippen LogP) is 3.90. The van der Waals surface area contributed by atoms with Crippen LogP contribution in [0.1, 0.15) is 23.1 Å². The second kappa shape index (κ2) is 5.14. The Morgan fingerprint density at radius 3 is 2.67 bits per heavy atom. The van der Waals surface area contributed by atoms with Crippen molar-refractivity contribution in [2.45, 2.75) is 25.9 Å². The van der Waals surface area contributed by atoms with Crippen LogP contribution >= 0.6 is 0 Å². The Morgan fingerprint density at radius 2 is 2.06 bits per heavy atom. The van der Waals surface area contributed by atoms with Gasteiger partial charge in [-0.05, 0) is 30.0 Å². The quantitative estimate of drug-likeness (QED) is 0.779. The largest absolute Gasteiger partial charge is 0.393 e. The number of halogens is 3. The molecule has 0 unspecified atom stereocenters. The van der Waals surface area contributed by atoms with Crippen molar-refractivity contribution in [3.05, 3.63) is 41.0 Å². The Balaban J connectivity index is 2.37. The van der Waals surface area contributed by atoms with Crippen LogP contribution in [0.25, 0.3) is 5.57 Å². The van der Waals surface area contributed by atoms with Crippen molar-refractivity contribution in [2.24, 2.45) is 0 Å². The molecule has 1 nitrogen and oxygen atoms in total. The molecule has 0 bridgehead atoms. The molecule has 1 aliphatic heterocycles. The first-order chi connectivity index (χ1) is 8.46. The smallest absolute Gasteiger partial charge is 0.376 e. The molecule has 0 aromatic heterocycles. The number of aryl methyl sites for hydroxylation is 1. The van der Waals surface area contributed by atoms with Crippen LogP contribution in [0, 0.1) is 6.92 Å². The molecule has 0 atom stereocenters. The van der Waals surface area contributed by atoms with E-state index in [9.17, 15) is 13.2 Å². The van der Waals surface area contributed by atoms with Crippen LogP contribution in [0.3, 0.4) is 0 Å². The molecule has 98 valence electrons. The second-order valence-electron chi connectivity index (χ2n) is 4.52. The summed E-state index contributed by atoms with van der Waals surface area (Å²) in [6.07, 6.45) is -2.34. The zero-order chi connectivity index (χ0) is 13.2. The Morgan fingerprint density at radius 1 is 1.28 bits per heavy atom. The van der Waals surface area contributed by atoms with E-state index >= 15 is 0 Å². The van der Waals surface area contributed by atoms with Gasteiger partial charge in [0.05, 0.1) is 19.6 Å². The topological polar surface area (TPSA) is 9.23 Å². The van der Waals surface area contributed by atoms with Gasteiger partial charge >= 0.3 is 6.18 Å². The van der Waals surface area contributed by atoms with Gasteiger partial charge in [0.1, 0.15) is 0 Å². The summed E-state index contributed by atoms with van der Waals surface area (Å²) in [5.74, 6) is 0. The average Bonchev–Trinajstić information content (AvgIpc) is 2.31. The molecule has 0 fully saturated rings. The average molecular weight is 256 g/mol. The summed E-state index contributed by atoms with van der Waals surface area (Å²) in [4.78, 5) is 0. The highest BCUT2D eigenvalue weighted by molar-refractivity contribution is 5.70. The molecule has 1 aromatic carbocycles. The van der Waals surface area contributed by atoms with Crippen LogP contribution in [-0.2, 0) is 11.2 Å². The lowest BCUT2D eigenvalue weighted by atomic mass is 9.94. The third-order valence-electron chi connectivity index (χ3n) is 2.91. The molecule has 1 aromatic rings. The van der Waals surface area contributed by atoms with Crippen LogP contribution in [0.2, 0.25) is 0 Å². The van der Waals surface area contributed by atoms with E-state index in [4.69, 9.17) is 4.74 Å². The van der Waals surface area contributed by atoms with Crippen molar-refractivity contribution >= 4 is 5.57 Å². The number of benzene rings is 1. The van der Waals surface area contributed by atoms with Crippen LogP contribution in [0.4, 0.5) is 13.2 Å². The summed E-state index contributed by atoms with van der Waals surface area (Å²) in [6, 6.07) is 5.09. The third-order valence-corrected chi connectivity index (χ3v) is 2.91. The predicted molar refractivity (Wildman–Crippen MR) is 64.4 cm³/mol. The number of hydrogen-bond donors (Lipinski definition) is 0. The highest BCUT2D eigenvalue weighted by atomic mass is 19.4. The molecule has 0 radical (unpaired) electrons. The Hall–Kier alpha value is -1.29. The molecule has 0 amide bonds. The summed E-state index contributed by atoms with van der Waals surface area (Å²) in [7, 11) is 0. The van der Waals surface area contributed by atoms with E-state index in [0.717, 1.165) is 17.6 Å². The molecule has 0 saturated heterocycles. The van der Waals surface area contributed by atoms with Crippen LogP contribution < -0.4 is 0 Å². The van der Waals surface area contributed by atoms with Crippen LogP contribution in [0.15, 0.2) is 24.3 Å². The van der Waals surface area contributed by atoms with Gasteiger partial charge < -0.3 is 4.74 Å². The summed E-state index contributed by atoms with van der Waals surface area (Å²) in [5.41, 5.74) is 2.82. The first kappa shape index (κ1) is 13.1. The van der Waals surface area contributed by atoms with Crippen molar-refractivity contribution in [3.63, 3.8) is 0 Å². The third kappa shape index (κ3) is 3.35. The fourth-order valence-electron chi connectivity index (χ4n) is 2.10. The molecule has 0 N–H and O–H groups in total. The number of hydrogen-bond acceptors (Lipinski definition) is 1. The molecule has 4 heteroatoms. The molecule has 0 saturated carbocycles. The standard InChI is InChI=1S/C14H15F3O/c1-10-4-5-11(8-14(15,16)17)13(7-10)12-3-2-6-18-9-12/h3-5,7H,2,6,8-9H2,1H3. The van der Waals surface area contributed by atoms with E-state index in [1.54, 1.807) is 12.1 Å². The minimum Gasteiger partial charge on any atom is -0.376 e. The van der Waals surface area contributed by atoms with E-state index in [-0.39, 0.29) is 0 Å². The summed E-state index contributed by atoms with van der Waals surface area (Å²) >= 11 is 0. The van der Waals surface area contributed by atoms with Gasteiger partial charge in [-0.15, -0.1) is 0 Å². The zero-order valence-electron chi connectivity index (χ0n) is 10.2. The highest BCUT2D eigenvalue weighted by Crippen LogP contribution is 2.29. The molecule has 0 aliphatic carbocycles. The molecular formula is C14H15F3O. The van der Waals surface area contributed by atoms with Gasteiger partial charge in [-0.3, -0.25) is 0 Å². The van der Waals surface area contributed by atoms with Crippen molar-refractivity contribution < 1.29 is 17.9 Å². The normalized spacial score (nSPS) is 16.6. The van der Waals surface area contributed by atoms with Gasteiger partial charge in [0.15, 0.2) is 0 Å². The first-order valence-corrected chi connectivity index (χ1v) is 5.89. The maximum absolute atomic E-state index is 12.5. The van der Waals surface area contributed by atoms with Crippen molar-refractivity contribution in [1.82, 2.24) is 0 Å². The second-order valence-corrected chi connectivity index (χ2v) is 4.52. The van der Waals surface area contributed by atoms with Crippen LogP contribution in [0.5, 0.6) is 0 Å².